The zero-order valence-corrected chi connectivity index (χ0v) is 13.6. The summed E-state index contributed by atoms with van der Waals surface area (Å²) < 4.78 is 0. The van der Waals surface area contributed by atoms with Crippen molar-refractivity contribution in [3.05, 3.63) is 47.0 Å². The van der Waals surface area contributed by atoms with Crippen LogP contribution in [0.3, 0.4) is 0 Å². The van der Waals surface area contributed by atoms with Gasteiger partial charge in [-0.2, -0.15) is 0 Å². The Labute approximate surface area is 139 Å². The second-order valence-electron chi connectivity index (χ2n) is 6.30. The average molecular weight is 326 g/mol. The van der Waals surface area contributed by atoms with Crippen molar-refractivity contribution in [1.29, 1.82) is 0 Å². The fourth-order valence-corrected chi connectivity index (χ4v) is 2.99. The summed E-state index contributed by atoms with van der Waals surface area (Å²) >= 11 is 0. The Hall–Kier alpha value is -2.76. The molecule has 3 rings (SSSR count). The van der Waals surface area contributed by atoms with Crippen LogP contribution < -0.4 is 0 Å². The van der Waals surface area contributed by atoms with E-state index in [1.54, 1.807) is 19.9 Å². The first-order chi connectivity index (χ1) is 11.4. The molecular weight excluding hydrogens is 308 g/mol. The fraction of sp³-hybridized carbons (Fsp3) is 0.333. The van der Waals surface area contributed by atoms with Gasteiger partial charge in [0.2, 0.25) is 11.8 Å². The number of likely N-dealkylation sites (tertiary alicyclic amines) is 1. The number of carbonyl (C=O) groups is 4. The molecule has 0 radical (unpaired) electrons. The number of nitrogens with zero attached hydrogens (tertiary/aromatic N) is 2. The molecule has 24 heavy (non-hydrogen) atoms. The molecule has 2 aliphatic heterocycles. The minimum atomic E-state index is -0.318. The van der Waals surface area contributed by atoms with E-state index >= 15 is 0 Å². The molecule has 0 spiro atoms. The van der Waals surface area contributed by atoms with Gasteiger partial charge >= 0.3 is 0 Å². The maximum absolute atomic E-state index is 12.0. The Morgan fingerprint density at radius 3 is 2.17 bits per heavy atom. The molecule has 2 aliphatic rings. The lowest BCUT2D eigenvalue weighted by Gasteiger charge is -2.17. The second kappa shape index (κ2) is 6.03. The molecule has 0 saturated carbocycles. The van der Waals surface area contributed by atoms with E-state index in [-0.39, 0.29) is 49.1 Å². The molecule has 1 unspecified atom stereocenters. The molecule has 1 fully saturated rings. The van der Waals surface area contributed by atoms with E-state index in [1.165, 1.54) is 15.9 Å². The SMILES string of the molecule is CC1=CC(=O)N(Cc2cccc(CN3C(=O)CC(C)C3=O)c2)C1=O. The van der Waals surface area contributed by atoms with Crippen molar-refractivity contribution in [1.82, 2.24) is 9.80 Å². The molecule has 0 N–H and O–H groups in total. The van der Waals surface area contributed by atoms with E-state index in [1.807, 2.05) is 18.2 Å². The summed E-state index contributed by atoms with van der Waals surface area (Å²) in [6.07, 6.45) is 1.58. The van der Waals surface area contributed by atoms with Crippen LogP contribution in [-0.4, -0.2) is 33.4 Å². The Kier molecular flexibility index (Phi) is 4.05. The first-order valence-corrected chi connectivity index (χ1v) is 7.83. The molecule has 6 heteroatoms. The monoisotopic (exact) mass is 326 g/mol. The third kappa shape index (κ3) is 2.87. The number of carbonyl (C=O) groups excluding carboxylic acids is 4. The van der Waals surface area contributed by atoms with Gasteiger partial charge in [-0.05, 0) is 18.1 Å². The van der Waals surface area contributed by atoms with Crippen molar-refractivity contribution < 1.29 is 19.2 Å². The van der Waals surface area contributed by atoms with Gasteiger partial charge in [0.05, 0.1) is 13.1 Å². The number of hydrogen-bond donors (Lipinski definition) is 0. The largest absolute Gasteiger partial charge is 0.278 e. The number of amides is 4. The first kappa shape index (κ1) is 16.1. The van der Waals surface area contributed by atoms with Gasteiger partial charge in [-0.1, -0.05) is 31.2 Å². The van der Waals surface area contributed by atoms with E-state index in [0.717, 1.165) is 11.1 Å². The summed E-state index contributed by atoms with van der Waals surface area (Å²) in [7, 11) is 0. The lowest BCUT2D eigenvalue weighted by molar-refractivity contribution is -0.140. The lowest BCUT2D eigenvalue weighted by atomic mass is 10.1. The van der Waals surface area contributed by atoms with E-state index < -0.39 is 0 Å². The number of imide groups is 2. The molecule has 0 aromatic heterocycles. The summed E-state index contributed by atoms with van der Waals surface area (Å²) in [5, 5.41) is 0. The van der Waals surface area contributed by atoms with Crippen LogP contribution in [0.1, 0.15) is 31.4 Å². The van der Waals surface area contributed by atoms with E-state index in [0.29, 0.717) is 5.57 Å². The molecule has 1 aromatic carbocycles. The molecule has 2 heterocycles. The molecule has 1 saturated heterocycles. The molecule has 6 nitrogen and oxygen atoms in total. The fourth-order valence-electron chi connectivity index (χ4n) is 2.99. The first-order valence-electron chi connectivity index (χ1n) is 7.83. The minimum Gasteiger partial charge on any atom is -0.278 e. The normalized spacial score (nSPS) is 21.1. The minimum absolute atomic E-state index is 0.157. The van der Waals surface area contributed by atoms with Crippen molar-refractivity contribution in [2.24, 2.45) is 5.92 Å². The quantitative estimate of drug-likeness (QED) is 0.784. The van der Waals surface area contributed by atoms with Crippen LogP contribution in [0.2, 0.25) is 0 Å². The molecule has 124 valence electrons. The zero-order chi connectivity index (χ0) is 17.4. The van der Waals surface area contributed by atoms with Crippen LogP contribution in [0.5, 0.6) is 0 Å². The summed E-state index contributed by atoms with van der Waals surface area (Å²) in [6.45, 7) is 3.76. The Bertz CT molecular complexity index is 762. The highest BCUT2D eigenvalue weighted by molar-refractivity contribution is 6.15. The number of rotatable bonds is 4. The molecule has 1 atom stereocenters. The zero-order valence-electron chi connectivity index (χ0n) is 13.6. The van der Waals surface area contributed by atoms with Crippen LogP contribution >= 0.6 is 0 Å². The van der Waals surface area contributed by atoms with Crippen molar-refractivity contribution >= 4 is 23.6 Å². The van der Waals surface area contributed by atoms with Crippen molar-refractivity contribution in [3.63, 3.8) is 0 Å². The highest BCUT2D eigenvalue weighted by Crippen LogP contribution is 2.22. The van der Waals surface area contributed by atoms with E-state index in [2.05, 4.69) is 0 Å². The summed E-state index contributed by atoms with van der Waals surface area (Å²) in [5.74, 6) is -1.20. The van der Waals surface area contributed by atoms with E-state index in [4.69, 9.17) is 0 Å². The van der Waals surface area contributed by atoms with Crippen LogP contribution in [0, 0.1) is 5.92 Å². The van der Waals surface area contributed by atoms with Gasteiger partial charge in [0, 0.05) is 24.0 Å². The Balaban J connectivity index is 1.73. The highest BCUT2D eigenvalue weighted by atomic mass is 16.2. The average Bonchev–Trinajstić information content (AvgIpc) is 2.91. The standard InChI is InChI=1S/C18H18N2O4/c1-11-6-15(21)19(17(11)23)9-13-4-3-5-14(8-13)10-20-16(22)7-12(2)18(20)24/h3-6,8,12H,7,9-10H2,1-2H3. The van der Waals surface area contributed by atoms with Gasteiger partial charge < -0.3 is 0 Å². The predicted octanol–water partition coefficient (Wildman–Crippen LogP) is 1.40. The molecule has 4 amide bonds. The Morgan fingerprint density at radius 2 is 1.67 bits per heavy atom. The maximum Gasteiger partial charge on any atom is 0.256 e. The predicted molar refractivity (Wildman–Crippen MR) is 85.1 cm³/mol. The van der Waals surface area contributed by atoms with Gasteiger partial charge in [0.25, 0.3) is 11.8 Å². The van der Waals surface area contributed by atoms with Gasteiger partial charge in [-0.25, -0.2) is 0 Å². The molecule has 0 aliphatic carbocycles. The highest BCUT2D eigenvalue weighted by Gasteiger charge is 2.35. The van der Waals surface area contributed by atoms with Crippen LogP contribution in [-0.2, 0) is 32.3 Å². The van der Waals surface area contributed by atoms with Crippen LogP contribution in [0.25, 0.3) is 0 Å². The molecule has 1 aromatic rings. The van der Waals surface area contributed by atoms with Crippen molar-refractivity contribution in [2.75, 3.05) is 0 Å². The van der Waals surface area contributed by atoms with Gasteiger partial charge in [-0.15, -0.1) is 0 Å². The van der Waals surface area contributed by atoms with Crippen molar-refractivity contribution in [2.45, 2.75) is 33.4 Å². The maximum atomic E-state index is 12.0. The third-order valence-corrected chi connectivity index (χ3v) is 4.33. The van der Waals surface area contributed by atoms with E-state index in [9.17, 15) is 19.2 Å². The molecular formula is C18H18N2O4. The van der Waals surface area contributed by atoms with Crippen LogP contribution in [0.4, 0.5) is 0 Å². The summed E-state index contributed by atoms with van der Waals surface area (Å²) in [4.78, 5) is 50.1. The van der Waals surface area contributed by atoms with Crippen LogP contribution in [0.15, 0.2) is 35.9 Å². The van der Waals surface area contributed by atoms with Gasteiger partial charge in [0.1, 0.15) is 0 Å². The van der Waals surface area contributed by atoms with Crippen molar-refractivity contribution in [3.8, 4) is 0 Å². The summed E-state index contributed by atoms with van der Waals surface area (Å²) in [6, 6.07) is 7.25. The Morgan fingerprint density at radius 1 is 1.04 bits per heavy atom. The van der Waals surface area contributed by atoms with Gasteiger partial charge in [-0.3, -0.25) is 29.0 Å². The lowest BCUT2D eigenvalue weighted by Crippen LogP contribution is -2.31. The number of hydrogen-bond acceptors (Lipinski definition) is 4. The van der Waals surface area contributed by atoms with Gasteiger partial charge in [0.15, 0.2) is 0 Å². The number of benzene rings is 1. The smallest absolute Gasteiger partial charge is 0.256 e. The molecule has 0 bridgehead atoms. The second-order valence-corrected chi connectivity index (χ2v) is 6.30. The third-order valence-electron chi connectivity index (χ3n) is 4.33. The topological polar surface area (TPSA) is 74.8 Å². The summed E-state index contributed by atoms with van der Waals surface area (Å²) in [5.41, 5.74) is 2.01.